The van der Waals surface area contributed by atoms with Gasteiger partial charge in [-0.3, -0.25) is 65.1 Å². The van der Waals surface area contributed by atoms with Crippen LogP contribution in [0.15, 0.2) is 224 Å². The molecule has 1 aliphatic carbocycles. The largest absolute Gasteiger partial charge is 0.492 e. The molecule has 2 aromatic carbocycles. The van der Waals surface area contributed by atoms with E-state index >= 15 is 0 Å². The zero-order valence-corrected chi connectivity index (χ0v) is 82.5. The Morgan fingerprint density at radius 1 is 0.371 bits per heavy atom. The molecule has 41 heteroatoms. The van der Waals surface area contributed by atoms with E-state index in [0.29, 0.717) is 84.5 Å². The Kier molecular flexibility index (Phi) is 37.1. The van der Waals surface area contributed by atoms with E-state index in [4.69, 9.17) is 37.9 Å². The molecule has 5 aliphatic rings. The van der Waals surface area contributed by atoms with Crippen molar-refractivity contribution in [3.8, 4) is 103 Å². The predicted octanol–water partition coefficient (Wildman–Crippen LogP) is 15.9. The van der Waals surface area contributed by atoms with Gasteiger partial charge in [-0.1, -0.05) is 24.3 Å². The first-order chi connectivity index (χ1) is 69.3. The third-order valence-corrected chi connectivity index (χ3v) is 28.2. The molecule has 0 atom stereocenters. The highest BCUT2D eigenvalue weighted by molar-refractivity contribution is 7.92. The highest BCUT2D eigenvalue weighted by atomic mass is 32.2. The van der Waals surface area contributed by atoms with Gasteiger partial charge in [0.05, 0.1) is 168 Å². The number of ether oxygens (including phenoxy) is 8. The molecular formula is C102H119FN22O16S2. The number of halogens is 1. The van der Waals surface area contributed by atoms with E-state index in [9.17, 15) is 40.4 Å². The number of aromatic amines is 6. The number of H-pyrrole nitrogens is 6. The van der Waals surface area contributed by atoms with E-state index in [1.807, 2.05) is 115 Å². The van der Waals surface area contributed by atoms with Crippen LogP contribution in [0, 0.1) is 43.3 Å². The van der Waals surface area contributed by atoms with Gasteiger partial charge in [-0.05, 0) is 246 Å². The number of hydrogen-bond acceptors (Lipinski definition) is 28. The summed E-state index contributed by atoms with van der Waals surface area (Å²) in [6.07, 6.45) is 32.2. The first-order valence-electron chi connectivity index (χ1n) is 47.4. The summed E-state index contributed by atoms with van der Waals surface area (Å²) in [7, 11) is -3.55. The average molecular weight is 1990 g/mol. The van der Waals surface area contributed by atoms with Gasteiger partial charge in [0.2, 0.25) is 11.8 Å². The average Bonchev–Trinajstić information content (AvgIpc) is 1.65. The van der Waals surface area contributed by atoms with Crippen molar-refractivity contribution in [1.29, 1.82) is 0 Å². The second-order valence-corrected chi connectivity index (χ2v) is 39.4. The number of aromatic nitrogens is 18. The highest BCUT2D eigenvalue weighted by Crippen LogP contribution is 2.35. The molecule has 12 aromatic heterocycles. The summed E-state index contributed by atoms with van der Waals surface area (Å²) in [6.45, 7) is 16.5. The molecule has 19 rings (SSSR count). The number of likely N-dealkylation sites (tertiary alicyclic amines) is 4. The summed E-state index contributed by atoms with van der Waals surface area (Å²) in [5, 5.41) is 40.5. The summed E-state index contributed by atoms with van der Waals surface area (Å²) in [6, 6.07) is 41.2. The zero-order valence-electron chi connectivity index (χ0n) is 80.9. The van der Waals surface area contributed by atoms with Gasteiger partial charge >= 0.3 is 12.2 Å². The number of benzene rings is 2. The van der Waals surface area contributed by atoms with Crippen LogP contribution in [0.4, 0.5) is 14.0 Å². The minimum Gasteiger partial charge on any atom is -0.492 e. The number of amides is 4. The van der Waals surface area contributed by atoms with Gasteiger partial charge in [0.15, 0.2) is 25.5 Å². The summed E-state index contributed by atoms with van der Waals surface area (Å²) >= 11 is 0. The Morgan fingerprint density at radius 2 is 0.720 bits per heavy atom. The van der Waals surface area contributed by atoms with Crippen LogP contribution in [0.2, 0.25) is 0 Å². The van der Waals surface area contributed by atoms with Crippen molar-refractivity contribution in [2.75, 3.05) is 99.3 Å². The molecule has 5 fully saturated rings. The number of aryl methyl sites for hydroxylation is 2. The fourth-order valence-corrected chi connectivity index (χ4v) is 18.6. The maximum absolute atomic E-state index is 14.1. The molecule has 4 amide bonds. The molecule has 752 valence electrons. The third-order valence-electron chi connectivity index (χ3n) is 24.9. The Labute approximate surface area is 828 Å². The van der Waals surface area contributed by atoms with Gasteiger partial charge in [0.25, 0.3) is 0 Å². The van der Waals surface area contributed by atoms with E-state index in [0.717, 1.165) is 226 Å². The molecule has 0 unspecified atom stereocenters. The summed E-state index contributed by atoms with van der Waals surface area (Å²) in [4.78, 5) is 79.4. The number of sulfone groups is 2. The number of nitrogens with one attached hydrogen (secondary N) is 6. The van der Waals surface area contributed by atoms with Gasteiger partial charge in [-0.2, -0.15) is 30.6 Å². The van der Waals surface area contributed by atoms with Gasteiger partial charge in [-0.15, -0.1) is 0 Å². The molecule has 143 heavy (non-hydrogen) atoms. The first-order valence-corrected chi connectivity index (χ1v) is 50.8. The summed E-state index contributed by atoms with van der Waals surface area (Å²) in [5.41, 5.74) is 13.0. The monoisotopic (exact) mass is 1990 g/mol. The number of rotatable bonds is 29. The molecule has 6 N–H and O–H groups in total. The molecule has 16 heterocycles. The van der Waals surface area contributed by atoms with E-state index in [1.165, 1.54) is 32.7 Å². The lowest BCUT2D eigenvalue weighted by Gasteiger charge is -2.31. The van der Waals surface area contributed by atoms with E-state index in [1.54, 1.807) is 134 Å². The lowest BCUT2D eigenvalue weighted by Crippen LogP contribution is -2.38. The quantitative estimate of drug-likeness (QED) is 0.0253. The normalized spacial score (nSPS) is 14.6. The maximum Gasteiger partial charge on any atom is 0.409 e. The van der Waals surface area contributed by atoms with Crippen LogP contribution < -0.4 is 28.4 Å². The lowest BCUT2D eigenvalue weighted by molar-refractivity contribution is -0.131. The van der Waals surface area contributed by atoms with Crippen molar-refractivity contribution >= 4 is 43.7 Å². The second-order valence-electron chi connectivity index (χ2n) is 35.1. The fraction of sp³-hybridized carbons (Fsp3) is 0.373. The molecule has 0 radical (unpaired) electrons. The van der Waals surface area contributed by atoms with Gasteiger partial charge in [0.1, 0.15) is 53.4 Å². The lowest BCUT2D eigenvalue weighted by atomic mass is 9.94. The van der Waals surface area contributed by atoms with E-state index in [-0.39, 0.29) is 46.4 Å². The first kappa shape index (κ1) is 104. The molecular weight excluding hydrogens is 1870 g/mol. The fourth-order valence-electron chi connectivity index (χ4n) is 16.2. The van der Waals surface area contributed by atoms with E-state index < -0.39 is 25.5 Å². The maximum atomic E-state index is 14.1. The summed E-state index contributed by atoms with van der Waals surface area (Å²) in [5.74, 6) is 5.85. The molecule has 14 aromatic rings. The van der Waals surface area contributed by atoms with Crippen molar-refractivity contribution in [3.63, 3.8) is 0 Å². The van der Waals surface area contributed by atoms with Crippen LogP contribution in [0.3, 0.4) is 0 Å². The molecule has 4 aliphatic heterocycles. The van der Waals surface area contributed by atoms with Crippen molar-refractivity contribution in [1.82, 2.24) is 111 Å². The van der Waals surface area contributed by atoms with Crippen molar-refractivity contribution in [3.05, 3.63) is 242 Å². The number of methoxy groups -OCH3 is 2. The number of pyridine rings is 6. The standard InChI is InChI=1S/C18H24N4O3.C18H17N3O3S.C17H22N4O3.C17H17N3O3S.C16H19FN4O2.C16H20N4O2/c1-13-11-20-21-17(13)16-4-3-15(12-19-16)25-10-7-14-5-8-22(9-6-14)18(23)24-2;22-25(23,15-5-6-15)16-3-1-2-13(10-16)12-24-14-4-7-17(19-11-14)18-8-9-20-21-18;1-23-17(22)21-9-5-13(6-10-21)7-11-24-14-2-3-15(18-12-14)16-4-8-19-20-16;1-12-9-19-20-17(12)16-7-6-14(10-18-16)23-11-13-4-3-5-15(8-13)24(2,21)22;1-11(22)21-6-3-12(4-7-21)10-23-13-8-14(17)16(18-9-13)15-2-5-19-20-15;1-12(21)20-8-5-13(6-9-20)11-22-14-2-3-15(17-10-14)16-4-7-18-19-16/h3-4,11-12,14H,5-10H2,1-2H3,(H,20,21);1-4,7-11,15H,5-6,12H2,(H,20,21);2-4,8,12-13H,5-7,9-11H2,1H3,(H,19,20);3-10H,11H2,1-2H3,(H,19,20);2,5,8-9,12H,3-4,6-7,10H2,1H3,(H,19,20);2-4,7,10,13H,5-6,8-9,11H2,1H3,(H,18,19). The van der Waals surface area contributed by atoms with Gasteiger partial charge in [0, 0.05) is 103 Å². The number of piperidine rings is 4. The van der Waals surface area contributed by atoms with Crippen LogP contribution in [-0.4, -0.2) is 256 Å². The minimum absolute atomic E-state index is 0.116. The number of carbonyl (C=O) groups is 4. The Hall–Kier alpha value is -15.3. The van der Waals surface area contributed by atoms with E-state index in [2.05, 4.69) is 91.1 Å². The molecule has 0 spiro atoms. The Bertz CT molecular complexity index is 6540. The SMILES string of the molecule is CC(=O)N1CCC(COc2ccc(-c3ccn[nH]3)nc2)CC1.CC(=O)N1CCC(COc2cnc(-c3ccn[nH]3)c(F)c2)CC1.COC(=O)N1CCC(CCOc2ccc(-c3[nH]ncc3C)nc2)CC1.COC(=O)N1CCC(CCOc2ccc(-c3ccn[nH]3)nc2)CC1.Cc1cn[nH]c1-c1ccc(OCc2cccc(S(C)(=O)=O)c2)cn1.O=S(=O)(c1cccc(COc2ccc(-c3ccn[nH]3)nc2)c1)C1CC1. The van der Waals surface area contributed by atoms with Gasteiger partial charge in [-0.25, -0.2) is 35.8 Å². The van der Waals surface area contributed by atoms with Gasteiger partial charge < -0.3 is 57.5 Å². The topological polar surface area (TPSA) is 473 Å². The van der Waals surface area contributed by atoms with Crippen LogP contribution in [0.5, 0.6) is 34.5 Å². The van der Waals surface area contributed by atoms with Crippen molar-refractivity contribution in [2.45, 2.75) is 133 Å². The minimum atomic E-state index is -3.22. The second kappa shape index (κ2) is 51.2. The summed E-state index contributed by atoms with van der Waals surface area (Å²) < 4.78 is 106. The smallest absolute Gasteiger partial charge is 0.409 e. The highest BCUT2D eigenvalue weighted by Gasteiger charge is 2.37. The number of hydrogen-bond donors (Lipinski definition) is 6. The number of nitrogens with zero attached hydrogens (tertiary/aromatic N) is 16. The zero-order chi connectivity index (χ0) is 100. The van der Waals surface area contributed by atoms with Crippen LogP contribution in [0.1, 0.15) is 113 Å². The molecule has 0 bridgehead atoms. The Morgan fingerprint density at radius 3 is 1.06 bits per heavy atom. The predicted molar refractivity (Wildman–Crippen MR) is 530 cm³/mol. The number of carbonyl (C=O) groups excluding carboxylic acids is 4. The molecule has 1 saturated carbocycles. The molecule has 4 saturated heterocycles. The van der Waals surface area contributed by atoms with Crippen molar-refractivity contribution < 1.29 is 78.3 Å². The van der Waals surface area contributed by atoms with Crippen LogP contribution >= 0.6 is 0 Å². The Balaban J connectivity index is 0.000000136. The third kappa shape index (κ3) is 30.9. The molecule has 38 nitrogen and oxygen atoms in total. The van der Waals surface area contributed by atoms with Crippen LogP contribution in [0.25, 0.3) is 68.3 Å². The van der Waals surface area contributed by atoms with Crippen molar-refractivity contribution in [2.24, 2.45) is 23.7 Å². The van der Waals surface area contributed by atoms with Crippen LogP contribution in [-0.2, 0) is 52.0 Å².